The Morgan fingerprint density at radius 2 is 1.04 bits per heavy atom. The lowest BCUT2D eigenvalue weighted by Gasteiger charge is -2.04. The van der Waals surface area contributed by atoms with Crippen LogP contribution in [0.5, 0.6) is 0 Å². The van der Waals surface area contributed by atoms with Crippen LogP contribution in [-0.4, -0.2) is 26.3 Å². The first-order valence-corrected chi connectivity index (χ1v) is 10.5. The van der Waals surface area contributed by atoms with Crippen molar-refractivity contribution in [2.24, 2.45) is 0 Å². The van der Waals surface area contributed by atoms with Gasteiger partial charge in [0.25, 0.3) is 0 Å². The van der Waals surface area contributed by atoms with E-state index in [1.165, 1.54) is 83.5 Å². The molecule has 144 valence electrons. The van der Waals surface area contributed by atoms with Crippen LogP contribution in [-0.2, 0) is 14.3 Å². The molecule has 0 aromatic heterocycles. The van der Waals surface area contributed by atoms with Gasteiger partial charge in [-0.3, -0.25) is 4.79 Å². The van der Waals surface area contributed by atoms with Gasteiger partial charge in [0.1, 0.15) is 6.61 Å². The molecule has 0 radical (unpaired) electrons. The van der Waals surface area contributed by atoms with Gasteiger partial charge in [-0.2, -0.15) is 0 Å². The average Bonchev–Trinajstić information content (AvgIpc) is 2.58. The van der Waals surface area contributed by atoms with Crippen LogP contribution in [0.4, 0.5) is 0 Å². The van der Waals surface area contributed by atoms with Gasteiger partial charge in [-0.25, -0.2) is 0 Å². The predicted octanol–water partition coefficient (Wildman–Crippen LogP) is 6.44. The fourth-order valence-corrected chi connectivity index (χ4v) is 2.95. The largest absolute Gasteiger partial charge is 0.463 e. The third kappa shape index (κ3) is 19.5. The zero-order chi connectivity index (χ0) is 17.7. The van der Waals surface area contributed by atoms with Crippen LogP contribution in [0.3, 0.4) is 0 Å². The van der Waals surface area contributed by atoms with Crippen molar-refractivity contribution in [3.8, 4) is 0 Å². The Balaban J connectivity index is 3.06. The molecule has 0 amide bonds. The van der Waals surface area contributed by atoms with E-state index in [-0.39, 0.29) is 5.97 Å². The first-order chi connectivity index (χ1) is 11.8. The number of methoxy groups -OCH3 is 1. The highest BCUT2D eigenvalue weighted by Crippen LogP contribution is 2.13. The molecule has 0 aromatic carbocycles. The highest BCUT2D eigenvalue weighted by Gasteiger charge is 2.02. The van der Waals surface area contributed by atoms with Crippen molar-refractivity contribution in [3.05, 3.63) is 0 Å². The van der Waals surface area contributed by atoms with E-state index in [9.17, 15) is 4.79 Å². The lowest BCUT2D eigenvalue weighted by molar-refractivity contribution is -0.145. The molecular formula is C21H42O3. The van der Waals surface area contributed by atoms with Crippen molar-refractivity contribution in [1.82, 2.24) is 0 Å². The van der Waals surface area contributed by atoms with Crippen molar-refractivity contribution in [1.29, 1.82) is 0 Å². The van der Waals surface area contributed by atoms with Gasteiger partial charge in [-0.1, -0.05) is 96.8 Å². The zero-order valence-corrected chi connectivity index (χ0v) is 16.5. The summed E-state index contributed by atoms with van der Waals surface area (Å²) in [6.45, 7) is 3.15. The third-order valence-electron chi connectivity index (χ3n) is 4.53. The molecule has 0 aliphatic carbocycles. The molecule has 0 saturated carbocycles. The van der Waals surface area contributed by atoms with Gasteiger partial charge in [0, 0.05) is 13.5 Å². The molecular weight excluding hydrogens is 300 g/mol. The van der Waals surface area contributed by atoms with Gasteiger partial charge < -0.3 is 9.47 Å². The van der Waals surface area contributed by atoms with E-state index in [0.29, 0.717) is 19.6 Å². The number of carbonyl (C=O) groups is 1. The molecule has 0 atom stereocenters. The molecule has 0 aromatic rings. The Bertz CT molecular complexity index is 253. The Hall–Kier alpha value is -0.570. The van der Waals surface area contributed by atoms with Crippen LogP contribution in [0.1, 0.15) is 110 Å². The van der Waals surface area contributed by atoms with Gasteiger partial charge >= 0.3 is 5.97 Å². The van der Waals surface area contributed by atoms with Gasteiger partial charge in [0.2, 0.25) is 0 Å². The summed E-state index contributed by atoms with van der Waals surface area (Å²) in [4.78, 5) is 11.4. The molecule has 0 unspecified atom stereocenters. The Morgan fingerprint density at radius 3 is 1.46 bits per heavy atom. The molecule has 3 heteroatoms. The molecule has 0 bridgehead atoms. The van der Waals surface area contributed by atoms with Gasteiger partial charge in [0.05, 0.1) is 6.61 Å². The van der Waals surface area contributed by atoms with E-state index in [0.717, 1.165) is 12.8 Å². The number of ether oxygens (including phenoxy) is 2. The minimum Gasteiger partial charge on any atom is -0.463 e. The van der Waals surface area contributed by atoms with E-state index in [4.69, 9.17) is 9.47 Å². The number of unbranched alkanes of at least 4 members (excludes halogenated alkanes) is 14. The minimum atomic E-state index is -0.0817. The second kappa shape index (κ2) is 20.5. The van der Waals surface area contributed by atoms with Crippen LogP contribution in [0.2, 0.25) is 0 Å². The maximum Gasteiger partial charge on any atom is 0.305 e. The van der Waals surface area contributed by atoms with Crippen molar-refractivity contribution in [2.75, 3.05) is 20.3 Å². The molecule has 24 heavy (non-hydrogen) atoms. The summed E-state index contributed by atoms with van der Waals surface area (Å²) in [6.07, 6.45) is 20.7. The molecule has 0 heterocycles. The number of carbonyl (C=O) groups excluding carboxylic acids is 1. The SMILES string of the molecule is CCCCCCCCCCCCCCCCCC(=O)OCCOC. The fraction of sp³-hybridized carbons (Fsp3) is 0.952. The van der Waals surface area contributed by atoms with E-state index in [1.54, 1.807) is 7.11 Å². The lowest BCUT2D eigenvalue weighted by Crippen LogP contribution is -2.09. The number of esters is 1. The maximum atomic E-state index is 11.4. The maximum absolute atomic E-state index is 11.4. The summed E-state index contributed by atoms with van der Waals surface area (Å²) in [5, 5.41) is 0. The second-order valence-electron chi connectivity index (χ2n) is 6.91. The monoisotopic (exact) mass is 342 g/mol. The Kier molecular flexibility index (Phi) is 20.0. The van der Waals surface area contributed by atoms with Crippen LogP contribution < -0.4 is 0 Å². The molecule has 0 spiro atoms. The molecule has 0 aliphatic rings. The summed E-state index contributed by atoms with van der Waals surface area (Å²) in [7, 11) is 1.61. The molecule has 0 rings (SSSR count). The van der Waals surface area contributed by atoms with Crippen molar-refractivity contribution < 1.29 is 14.3 Å². The standard InChI is InChI=1S/C21H42O3/c1-3-4-5-6-7-8-9-10-11-12-13-14-15-16-17-18-21(22)24-20-19-23-2/h3-20H2,1-2H3. The van der Waals surface area contributed by atoms with Crippen LogP contribution in [0, 0.1) is 0 Å². The number of hydrogen-bond donors (Lipinski definition) is 0. The molecule has 3 nitrogen and oxygen atoms in total. The van der Waals surface area contributed by atoms with Crippen molar-refractivity contribution >= 4 is 5.97 Å². The van der Waals surface area contributed by atoms with E-state index >= 15 is 0 Å². The highest BCUT2D eigenvalue weighted by atomic mass is 16.6. The quantitative estimate of drug-likeness (QED) is 0.200. The van der Waals surface area contributed by atoms with Gasteiger partial charge in [-0.05, 0) is 6.42 Å². The number of rotatable bonds is 19. The summed E-state index contributed by atoms with van der Waals surface area (Å²) in [5.74, 6) is -0.0817. The van der Waals surface area contributed by atoms with Gasteiger partial charge in [-0.15, -0.1) is 0 Å². The first-order valence-electron chi connectivity index (χ1n) is 10.5. The topological polar surface area (TPSA) is 35.5 Å². The Labute approximate surface area is 150 Å². The fourth-order valence-electron chi connectivity index (χ4n) is 2.95. The third-order valence-corrected chi connectivity index (χ3v) is 4.53. The van der Waals surface area contributed by atoms with Gasteiger partial charge in [0.15, 0.2) is 0 Å². The van der Waals surface area contributed by atoms with Crippen molar-refractivity contribution in [2.45, 2.75) is 110 Å². The van der Waals surface area contributed by atoms with Crippen LogP contribution in [0.25, 0.3) is 0 Å². The van der Waals surface area contributed by atoms with Crippen LogP contribution in [0.15, 0.2) is 0 Å². The summed E-state index contributed by atoms with van der Waals surface area (Å²) >= 11 is 0. The smallest absolute Gasteiger partial charge is 0.305 e. The molecule has 0 N–H and O–H groups in total. The Morgan fingerprint density at radius 1 is 0.625 bits per heavy atom. The summed E-state index contributed by atoms with van der Waals surface area (Å²) in [6, 6.07) is 0. The molecule has 0 saturated heterocycles. The molecule has 0 fully saturated rings. The summed E-state index contributed by atoms with van der Waals surface area (Å²) < 4.78 is 9.88. The second-order valence-corrected chi connectivity index (χ2v) is 6.91. The lowest BCUT2D eigenvalue weighted by atomic mass is 10.0. The number of hydrogen-bond acceptors (Lipinski definition) is 3. The average molecular weight is 343 g/mol. The van der Waals surface area contributed by atoms with Crippen LogP contribution >= 0.6 is 0 Å². The van der Waals surface area contributed by atoms with E-state index < -0.39 is 0 Å². The highest BCUT2D eigenvalue weighted by molar-refractivity contribution is 5.69. The summed E-state index contributed by atoms with van der Waals surface area (Å²) in [5.41, 5.74) is 0. The van der Waals surface area contributed by atoms with E-state index in [2.05, 4.69) is 6.92 Å². The first kappa shape index (κ1) is 23.4. The molecule has 0 aliphatic heterocycles. The van der Waals surface area contributed by atoms with E-state index in [1.807, 2.05) is 0 Å². The normalized spacial score (nSPS) is 10.9. The zero-order valence-electron chi connectivity index (χ0n) is 16.5. The minimum absolute atomic E-state index is 0.0817. The predicted molar refractivity (Wildman–Crippen MR) is 102 cm³/mol. The van der Waals surface area contributed by atoms with Crippen molar-refractivity contribution in [3.63, 3.8) is 0 Å².